The van der Waals surface area contributed by atoms with Crippen molar-refractivity contribution < 1.29 is 8.42 Å². The van der Waals surface area contributed by atoms with Crippen molar-refractivity contribution >= 4 is 20.9 Å². The number of nitrogens with one attached hydrogen (secondary N) is 1. The number of sulfonamides is 1. The maximum absolute atomic E-state index is 12.9. The van der Waals surface area contributed by atoms with Crippen LogP contribution in [-0.4, -0.2) is 30.8 Å². The molecule has 0 amide bonds. The van der Waals surface area contributed by atoms with Crippen LogP contribution in [0.15, 0.2) is 59.5 Å². The summed E-state index contributed by atoms with van der Waals surface area (Å²) in [5.74, 6) is 0. The monoisotopic (exact) mass is 340 g/mol. The van der Waals surface area contributed by atoms with Crippen molar-refractivity contribution in [3.05, 3.63) is 65.9 Å². The fourth-order valence-corrected chi connectivity index (χ4v) is 5.02. The first-order valence-electron chi connectivity index (χ1n) is 8.19. The Morgan fingerprint density at radius 3 is 2.54 bits per heavy atom. The van der Waals surface area contributed by atoms with E-state index in [1.54, 1.807) is 35.6 Å². The molecule has 1 heterocycles. The lowest BCUT2D eigenvalue weighted by Crippen LogP contribution is -2.40. The van der Waals surface area contributed by atoms with E-state index in [0.29, 0.717) is 4.90 Å². The molecule has 1 aliphatic rings. The highest BCUT2D eigenvalue weighted by atomic mass is 32.2. The quantitative estimate of drug-likeness (QED) is 0.795. The van der Waals surface area contributed by atoms with Gasteiger partial charge >= 0.3 is 0 Å². The lowest BCUT2D eigenvalue weighted by Gasteiger charge is -2.30. The summed E-state index contributed by atoms with van der Waals surface area (Å²) in [5, 5.41) is 1.21. The molecule has 24 heavy (non-hydrogen) atoms. The van der Waals surface area contributed by atoms with E-state index < -0.39 is 10.0 Å². The second-order valence-electron chi connectivity index (χ2n) is 6.36. The smallest absolute Gasteiger partial charge is 0.243 e. The fourth-order valence-electron chi connectivity index (χ4n) is 3.62. The minimum atomic E-state index is -3.45. The molecule has 2 aromatic carbocycles. The first kappa shape index (κ1) is 15.4. The predicted octanol–water partition coefficient (Wildman–Crippen LogP) is 3.35. The number of likely N-dealkylation sites (N-methyl/N-ethyl adjacent to an activating group) is 1. The van der Waals surface area contributed by atoms with Gasteiger partial charge in [0.1, 0.15) is 0 Å². The summed E-state index contributed by atoms with van der Waals surface area (Å²) >= 11 is 0. The highest BCUT2D eigenvalue weighted by Crippen LogP contribution is 2.32. The topological polar surface area (TPSA) is 53.2 Å². The maximum atomic E-state index is 12.9. The molecule has 0 bridgehead atoms. The summed E-state index contributed by atoms with van der Waals surface area (Å²) in [4.78, 5) is 3.84. The van der Waals surface area contributed by atoms with Crippen molar-refractivity contribution in [1.29, 1.82) is 0 Å². The number of hydrogen-bond donors (Lipinski definition) is 1. The number of hydrogen-bond acceptors (Lipinski definition) is 2. The molecule has 0 fully saturated rings. The third-order valence-electron chi connectivity index (χ3n) is 5.00. The molecule has 124 valence electrons. The lowest BCUT2D eigenvalue weighted by atomic mass is 9.91. The summed E-state index contributed by atoms with van der Waals surface area (Å²) in [6.45, 7) is 0. The van der Waals surface area contributed by atoms with Gasteiger partial charge < -0.3 is 4.98 Å². The van der Waals surface area contributed by atoms with Crippen molar-refractivity contribution in [3.63, 3.8) is 0 Å². The number of aromatic nitrogens is 1. The largest absolute Gasteiger partial charge is 0.358 e. The van der Waals surface area contributed by atoms with Crippen molar-refractivity contribution in [2.45, 2.75) is 30.2 Å². The van der Waals surface area contributed by atoms with Gasteiger partial charge in [-0.05, 0) is 43.0 Å². The van der Waals surface area contributed by atoms with E-state index in [0.717, 1.165) is 24.8 Å². The van der Waals surface area contributed by atoms with Gasteiger partial charge in [-0.3, -0.25) is 0 Å². The van der Waals surface area contributed by atoms with Gasteiger partial charge in [0.2, 0.25) is 10.0 Å². The molecule has 3 aromatic rings. The van der Waals surface area contributed by atoms with Gasteiger partial charge in [0.15, 0.2) is 0 Å². The van der Waals surface area contributed by atoms with Crippen LogP contribution in [0.5, 0.6) is 0 Å². The van der Waals surface area contributed by atoms with Gasteiger partial charge in [-0.2, -0.15) is 4.31 Å². The molecule has 4 rings (SSSR count). The Morgan fingerprint density at radius 2 is 1.75 bits per heavy atom. The number of rotatable bonds is 3. The number of nitrogens with zero attached hydrogens (tertiary/aromatic N) is 1. The lowest BCUT2D eigenvalue weighted by molar-refractivity contribution is 0.336. The molecular weight excluding hydrogens is 320 g/mol. The van der Waals surface area contributed by atoms with E-state index in [1.165, 1.54) is 16.6 Å². The Kier molecular flexibility index (Phi) is 3.70. The maximum Gasteiger partial charge on any atom is 0.243 e. The van der Waals surface area contributed by atoms with Crippen LogP contribution in [0.1, 0.15) is 17.7 Å². The van der Waals surface area contributed by atoms with Crippen molar-refractivity contribution in [2.24, 2.45) is 0 Å². The molecule has 0 saturated heterocycles. The van der Waals surface area contributed by atoms with Crippen LogP contribution >= 0.6 is 0 Å². The number of aryl methyl sites for hydroxylation is 1. The van der Waals surface area contributed by atoms with Crippen LogP contribution in [-0.2, 0) is 22.9 Å². The Bertz CT molecular complexity index is 977. The van der Waals surface area contributed by atoms with E-state index in [2.05, 4.69) is 17.1 Å². The zero-order valence-corrected chi connectivity index (χ0v) is 14.4. The number of fused-ring (bicyclic) bond motifs is 3. The molecule has 1 aliphatic carbocycles. The van der Waals surface area contributed by atoms with Crippen LogP contribution in [0, 0.1) is 0 Å². The molecule has 1 N–H and O–H groups in total. The molecular formula is C19H20N2O2S. The third-order valence-corrected chi connectivity index (χ3v) is 6.93. The summed E-state index contributed by atoms with van der Waals surface area (Å²) in [7, 11) is -1.75. The van der Waals surface area contributed by atoms with Crippen molar-refractivity contribution in [3.8, 4) is 0 Å². The van der Waals surface area contributed by atoms with E-state index in [4.69, 9.17) is 0 Å². The molecule has 0 saturated carbocycles. The molecule has 1 aromatic heterocycles. The van der Waals surface area contributed by atoms with Gasteiger partial charge in [0.05, 0.1) is 4.90 Å². The number of aromatic amines is 1. The molecule has 0 aliphatic heterocycles. The van der Waals surface area contributed by atoms with Crippen LogP contribution < -0.4 is 0 Å². The van der Waals surface area contributed by atoms with Crippen molar-refractivity contribution in [2.75, 3.05) is 7.05 Å². The van der Waals surface area contributed by atoms with E-state index in [9.17, 15) is 8.42 Å². The van der Waals surface area contributed by atoms with E-state index >= 15 is 0 Å². The molecule has 0 spiro atoms. The summed E-state index contributed by atoms with van der Waals surface area (Å²) in [6, 6.07) is 16.9. The highest BCUT2D eigenvalue weighted by Gasteiger charge is 2.32. The molecule has 4 nitrogen and oxygen atoms in total. The summed E-state index contributed by atoms with van der Waals surface area (Å²) < 4.78 is 27.3. The second kappa shape index (κ2) is 5.76. The van der Waals surface area contributed by atoms with Crippen LogP contribution in [0.2, 0.25) is 0 Å². The Labute approximate surface area is 142 Å². The third kappa shape index (κ3) is 2.44. The molecule has 1 atom stereocenters. The minimum absolute atomic E-state index is 0.0121. The van der Waals surface area contributed by atoms with Gasteiger partial charge in [0, 0.05) is 29.7 Å². The summed E-state index contributed by atoms with van der Waals surface area (Å²) in [5.41, 5.74) is 3.65. The molecule has 0 radical (unpaired) electrons. The highest BCUT2D eigenvalue weighted by molar-refractivity contribution is 7.89. The van der Waals surface area contributed by atoms with Crippen LogP contribution in [0.3, 0.4) is 0 Å². The van der Waals surface area contributed by atoms with E-state index in [1.807, 2.05) is 18.2 Å². The SMILES string of the molecule is CN(C1CCc2[nH]c3ccccc3c2C1)S(=O)(=O)c1ccccc1. The molecule has 1 unspecified atom stereocenters. The normalized spacial score (nSPS) is 18.0. The zero-order chi connectivity index (χ0) is 16.7. The van der Waals surface area contributed by atoms with Gasteiger partial charge in [-0.15, -0.1) is 0 Å². The average molecular weight is 340 g/mol. The number of H-pyrrole nitrogens is 1. The predicted molar refractivity (Wildman–Crippen MR) is 95.5 cm³/mol. The van der Waals surface area contributed by atoms with Gasteiger partial charge in [-0.1, -0.05) is 36.4 Å². The number of benzene rings is 2. The standard InChI is InChI=1S/C19H20N2O2S/c1-21(24(22,23)15-7-3-2-4-8-15)14-11-12-19-17(13-14)16-9-5-6-10-18(16)20-19/h2-10,14,20H,11-13H2,1H3. The first-order chi connectivity index (χ1) is 11.6. The molecule has 5 heteroatoms. The van der Waals surface area contributed by atoms with Crippen molar-refractivity contribution in [1.82, 2.24) is 9.29 Å². The average Bonchev–Trinajstić information content (AvgIpc) is 2.99. The minimum Gasteiger partial charge on any atom is -0.358 e. The Hall–Kier alpha value is -2.11. The first-order valence-corrected chi connectivity index (χ1v) is 9.63. The van der Waals surface area contributed by atoms with Gasteiger partial charge in [-0.25, -0.2) is 8.42 Å². The van der Waals surface area contributed by atoms with Crippen LogP contribution in [0.25, 0.3) is 10.9 Å². The van der Waals surface area contributed by atoms with E-state index in [-0.39, 0.29) is 6.04 Å². The zero-order valence-electron chi connectivity index (χ0n) is 13.6. The summed E-state index contributed by atoms with van der Waals surface area (Å²) in [6.07, 6.45) is 2.47. The van der Waals surface area contributed by atoms with Crippen LogP contribution in [0.4, 0.5) is 0 Å². The second-order valence-corrected chi connectivity index (χ2v) is 8.36. The van der Waals surface area contributed by atoms with Gasteiger partial charge in [0.25, 0.3) is 0 Å². The Balaban J connectivity index is 1.67. The Morgan fingerprint density at radius 1 is 1.04 bits per heavy atom. The fraction of sp³-hybridized carbons (Fsp3) is 0.263. The number of para-hydroxylation sites is 1.